The van der Waals surface area contributed by atoms with Crippen LogP contribution in [0.1, 0.15) is 5.56 Å². The predicted octanol–water partition coefficient (Wildman–Crippen LogP) is 2.35. The van der Waals surface area contributed by atoms with Crippen molar-refractivity contribution >= 4 is 33.7 Å². The number of nitrogens with one attached hydrogen (secondary N) is 1. The Morgan fingerprint density at radius 3 is 2.85 bits per heavy atom. The molecule has 2 aromatic rings. The van der Waals surface area contributed by atoms with Crippen LogP contribution >= 0.6 is 15.9 Å². The highest BCUT2D eigenvalue weighted by Gasteiger charge is 2.27. The molecule has 1 amide bonds. The summed E-state index contributed by atoms with van der Waals surface area (Å²) in [5, 5.41) is 24.5. The first-order chi connectivity index (χ1) is 12.5. The van der Waals surface area contributed by atoms with Gasteiger partial charge in [0.15, 0.2) is 11.5 Å². The molecule has 26 heavy (non-hydrogen) atoms. The van der Waals surface area contributed by atoms with Crippen molar-refractivity contribution < 1.29 is 24.3 Å². The van der Waals surface area contributed by atoms with Gasteiger partial charge in [0.2, 0.25) is 6.10 Å². The fourth-order valence-electron chi connectivity index (χ4n) is 2.20. The maximum absolute atomic E-state index is 12.1. The fraction of sp³-hybridized carbons (Fsp3) is 0.125. The quantitative estimate of drug-likeness (QED) is 0.443. The number of hydrazone groups is 1. The number of aromatic hydroxyl groups is 1. The van der Waals surface area contributed by atoms with E-state index in [-0.39, 0.29) is 28.1 Å². The Kier molecular flexibility index (Phi) is 5.03. The fourth-order valence-corrected chi connectivity index (χ4v) is 2.66. The SMILES string of the molecule is O=C(N/N=C\c1cc([N+](=O)[O-])cc(Br)c1O)[C@H]1COc2ccccc2O1. The molecule has 9 nitrogen and oxygen atoms in total. The number of phenols is 1. The molecule has 0 spiro atoms. The third-order valence-electron chi connectivity index (χ3n) is 3.47. The maximum atomic E-state index is 12.1. The van der Waals surface area contributed by atoms with Crippen LogP contribution in [-0.2, 0) is 4.79 Å². The lowest BCUT2D eigenvalue weighted by atomic mass is 10.2. The van der Waals surface area contributed by atoms with Crippen LogP contribution in [0.5, 0.6) is 17.2 Å². The van der Waals surface area contributed by atoms with Crippen molar-refractivity contribution in [2.75, 3.05) is 6.61 Å². The lowest BCUT2D eigenvalue weighted by molar-refractivity contribution is -0.385. The third-order valence-corrected chi connectivity index (χ3v) is 4.07. The Morgan fingerprint density at radius 1 is 1.38 bits per heavy atom. The number of phenolic OH excluding ortho intramolecular Hbond substituents is 1. The summed E-state index contributed by atoms with van der Waals surface area (Å²) in [5.41, 5.74) is 2.09. The summed E-state index contributed by atoms with van der Waals surface area (Å²) in [6.45, 7) is 0.0198. The van der Waals surface area contributed by atoms with E-state index in [2.05, 4.69) is 26.5 Å². The van der Waals surface area contributed by atoms with Gasteiger partial charge in [-0.1, -0.05) is 12.1 Å². The first-order valence-corrected chi connectivity index (χ1v) is 8.13. The number of carbonyl (C=O) groups is 1. The topological polar surface area (TPSA) is 123 Å². The average Bonchev–Trinajstić information content (AvgIpc) is 2.64. The molecule has 0 radical (unpaired) electrons. The van der Waals surface area contributed by atoms with E-state index in [1.165, 1.54) is 0 Å². The van der Waals surface area contributed by atoms with Crippen molar-refractivity contribution in [3.63, 3.8) is 0 Å². The van der Waals surface area contributed by atoms with Gasteiger partial charge < -0.3 is 14.6 Å². The van der Waals surface area contributed by atoms with Gasteiger partial charge in [-0.15, -0.1) is 0 Å². The van der Waals surface area contributed by atoms with Gasteiger partial charge in [-0.25, -0.2) is 5.43 Å². The number of fused-ring (bicyclic) bond motifs is 1. The normalized spacial score (nSPS) is 15.7. The summed E-state index contributed by atoms with van der Waals surface area (Å²) in [4.78, 5) is 22.4. The van der Waals surface area contributed by atoms with Gasteiger partial charge in [-0.05, 0) is 28.1 Å². The number of carbonyl (C=O) groups excluding carboxylic acids is 1. The highest BCUT2D eigenvalue weighted by Crippen LogP contribution is 2.32. The van der Waals surface area contributed by atoms with Crippen LogP contribution in [0.4, 0.5) is 5.69 Å². The second kappa shape index (κ2) is 7.40. The van der Waals surface area contributed by atoms with Crippen molar-refractivity contribution in [2.45, 2.75) is 6.10 Å². The Hall–Kier alpha value is -3.14. The van der Waals surface area contributed by atoms with Crippen molar-refractivity contribution in [1.29, 1.82) is 0 Å². The number of rotatable bonds is 4. The van der Waals surface area contributed by atoms with E-state index >= 15 is 0 Å². The third kappa shape index (κ3) is 3.75. The first-order valence-electron chi connectivity index (χ1n) is 7.34. The van der Waals surface area contributed by atoms with Crippen molar-refractivity contribution in [3.8, 4) is 17.2 Å². The van der Waals surface area contributed by atoms with E-state index in [0.717, 1.165) is 18.3 Å². The molecular formula is C16H12BrN3O6. The van der Waals surface area contributed by atoms with Gasteiger partial charge in [0.05, 0.1) is 15.6 Å². The number of ether oxygens (including phenoxy) is 2. The monoisotopic (exact) mass is 421 g/mol. The van der Waals surface area contributed by atoms with E-state index < -0.39 is 16.9 Å². The zero-order valence-electron chi connectivity index (χ0n) is 13.1. The minimum atomic E-state index is -0.896. The summed E-state index contributed by atoms with van der Waals surface area (Å²) < 4.78 is 11.1. The molecule has 0 aliphatic carbocycles. The molecule has 0 fully saturated rings. The van der Waals surface area contributed by atoms with Gasteiger partial charge in [-0.2, -0.15) is 5.10 Å². The molecule has 1 atom stereocenters. The average molecular weight is 422 g/mol. The number of nitro groups is 1. The number of nitrogens with zero attached hydrogens (tertiary/aromatic N) is 2. The summed E-state index contributed by atoms with van der Waals surface area (Å²) in [7, 11) is 0. The second-order valence-corrected chi connectivity index (χ2v) is 6.08. The van der Waals surface area contributed by atoms with Crippen LogP contribution < -0.4 is 14.9 Å². The summed E-state index contributed by atoms with van der Waals surface area (Å²) in [6.07, 6.45) is 0.204. The van der Waals surface area contributed by atoms with Crippen LogP contribution in [-0.4, -0.2) is 34.9 Å². The van der Waals surface area contributed by atoms with Gasteiger partial charge in [0.1, 0.15) is 12.4 Å². The summed E-state index contributed by atoms with van der Waals surface area (Å²) in [5.74, 6) is 0.203. The number of non-ortho nitro benzene ring substituents is 1. The molecule has 0 saturated heterocycles. The molecule has 2 aromatic carbocycles. The molecule has 1 aliphatic heterocycles. The molecule has 3 rings (SSSR count). The molecule has 1 heterocycles. The van der Waals surface area contributed by atoms with E-state index in [1.54, 1.807) is 24.3 Å². The molecule has 0 saturated carbocycles. The van der Waals surface area contributed by atoms with Gasteiger partial charge in [0, 0.05) is 17.7 Å². The predicted molar refractivity (Wildman–Crippen MR) is 94.6 cm³/mol. The maximum Gasteiger partial charge on any atom is 0.284 e. The molecule has 10 heteroatoms. The molecule has 1 aliphatic rings. The van der Waals surface area contributed by atoms with Crippen LogP contribution in [0.2, 0.25) is 0 Å². The summed E-state index contributed by atoms with van der Waals surface area (Å²) in [6, 6.07) is 9.24. The standard InChI is InChI=1S/C16H12BrN3O6/c17-11-6-10(20(23)24)5-9(15(11)21)7-18-19-16(22)14-8-25-12-3-1-2-4-13(12)26-14/h1-7,14,21H,8H2,(H,19,22)/b18-7-/t14-/m1/s1. The largest absolute Gasteiger partial charge is 0.506 e. The van der Waals surface area contributed by atoms with Crippen LogP contribution in [0.3, 0.4) is 0 Å². The molecule has 0 unspecified atom stereocenters. The van der Waals surface area contributed by atoms with E-state index in [1.807, 2.05) is 0 Å². The van der Waals surface area contributed by atoms with Crippen LogP contribution in [0.25, 0.3) is 0 Å². The zero-order valence-corrected chi connectivity index (χ0v) is 14.7. The van der Waals surface area contributed by atoms with E-state index in [4.69, 9.17) is 9.47 Å². The van der Waals surface area contributed by atoms with E-state index in [0.29, 0.717) is 11.5 Å². The number of benzene rings is 2. The minimum absolute atomic E-state index is 0.0198. The number of hydrogen-bond acceptors (Lipinski definition) is 7. The number of para-hydroxylation sites is 2. The number of hydrogen-bond donors (Lipinski definition) is 2. The Bertz CT molecular complexity index is 902. The number of amides is 1. The van der Waals surface area contributed by atoms with E-state index in [9.17, 15) is 20.0 Å². The highest BCUT2D eigenvalue weighted by atomic mass is 79.9. The minimum Gasteiger partial charge on any atom is -0.506 e. The van der Waals surface area contributed by atoms with Crippen LogP contribution in [0, 0.1) is 10.1 Å². The van der Waals surface area contributed by atoms with Gasteiger partial charge >= 0.3 is 0 Å². The molecule has 0 bridgehead atoms. The lowest BCUT2D eigenvalue weighted by Gasteiger charge is -2.24. The smallest absolute Gasteiger partial charge is 0.284 e. The Balaban J connectivity index is 1.68. The Morgan fingerprint density at radius 2 is 2.12 bits per heavy atom. The molecule has 2 N–H and O–H groups in total. The van der Waals surface area contributed by atoms with Crippen molar-refractivity contribution in [2.24, 2.45) is 5.10 Å². The van der Waals surface area contributed by atoms with Crippen LogP contribution in [0.15, 0.2) is 46.0 Å². The number of nitro benzene ring substituents is 1. The second-order valence-electron chi connectivity index (χ2n) is 5.22. The lowest BCUT2D eigenvalue weighted by Crippen LogP contribution is -2.42. The Labute approximate surface area is 155 Å². The van der Waals surface area contributed by atoms with Gasteiger partial charge in [-0.3, -0.25) is 14.9 Å². The molecule has 0 aromatic heterocycles. The highest BCUT2D eigenvalue weighted by molar-refractivity contribution is 9.10. The van der Waals surface area contributed by atoms with Crippen molar-refractivity contribution in [1.82, 2.24) is 5.43 Å². The van der Waals surface area contributed by atoms with Gasteiger partial charge in [0.25, 0.3) is 11.6 Å². The molecular weight excluding hydrogens is 410 g/mol. The summed E-state index contributed by atoms with van der Waals surface area (Å²) >= 11 is 3.02. The first kappa shape index (κ1) is 17.7. The molecule has 134 valence electrons. The number of halogens is 1. The van der Waals surface area contributed by atoms with Crippen molar-refractivity contribution in [3.05, 3.63) is 56.5 Å². The zero-order chi connectivity index (χ0) is 18.7.